The average molecular weight is 805 g/mol. The Morgan fingerprint density at radius 3 is 1.79 bits per heavy atom. The minimum atomic E-state index is -3.61. The van der Waals surface area contributed by atoms with Gasteiger partial charge in [0.1, 0.15) is 0 Å². The molecule has 266 valence electrons. The van der Waals surface area contributed by atoms with Crippen molar-refractivity contribution in [2.45, 2.75) is 0 Å². The van der Waals surface area contributed by atoms with E-state index in [9.17, 15) is 0 Å². The van der Waals surface area contributed by atoms with Crippen molar-refractivity contribution in [3.05, 3.63) is 200 Å². The number of rotatable bonds is 5. The van der Waals surface area contributed by atoms with Crippen LogP contribution in [0.25, 0.3) is 81.6 Å². The van der Waals surface area contributed by atoms with E-state index in [2.05, 4.69) is 205 Å². The van der Waals surface area contributed by atoms with Crippen LogP contribution < -0.4 is 17.6 Å². The van der Waals surface area contributed by atoms with Gasteiger partial charge in [0.15, 0.2) is 0 Å². The van der Waals surface area contributed by atoms with Crippen molar-refractivity contribution >= 4 is 84.2 Å². The summed E-state index contributed by atoms with van der Waals surface area (Å²) in [5.41, 5.74) is 8.93. The van der Waals surface area contributed by atoms with E-state index < -0.39 is 13.3 Å². The monoisotopic (exact) mass is 805 g/mol. The molecule has 4 heterocycles. The van der Waals surface area contributed by atoms with E-state index >= 15 is 0 Å². The van der Waals surface area contributed by atoms with E-state index in [1.54, 1.807) is 0 Å². The molecule has 0 radical (unpaired) electrons. The summed E-state index contributed by atoms with van der Waals surface area (Å²) < 4.78 is 10.5. The van der Waals surface area contributed by atoms with Crippen LogP contribution in [-0.2, 0) is 0 Å². The first-order chi connectivity index (χ1) is 28.3. The molecule has 0 atom stereocenters. The molecular weight excluding hydrogens is 771 g/mol. The van der Waals surface area contributed by atoms with Gasteiger partial charge in [-0.1, -0.05) is 24.3 Å². The fourth-order valence-electron chi connectivity index (χ4n) is 9.46. The number of benzene rings is 8. The van der Waals surface area contributed by atoms with Gasteiger partial charge in [0, 0.05) is 15.5 Å². The molecule has 8 aromatic carbocycles. The Balaban J connectivity index is 1.08. The van der Waals surface area contributed by atoms with E-state index in [1.165, 1.54) is 65.1 Å². The molecule has 0 N–H and O–H groups in total. The van der Waals surface area contributed by atoms with Gasteiger partial charge in [-0.05, 0) is 6.07 Å². The van der Waals surface area contributed by atoms with Crippen LogP contribution in [0.2, 0.25) is 0 Å². The van der Waals surface area contributed by atoms with Gasteiger partial charge in [-0.3, -0.25) is 0 Å². The third-order valence-electron chi connectivity index (χ3n) is 11.9. The third-order valence-corrected chi connectivity index (χ3v) is 23.2. The SMILES string of the molecule is c1ccc(-c2nc(-c3ccc(-n4c5ccccc5c5cc6c(cc54)sc4ccccc46)cc3)nc3[c]2[Ge]([c]2ccccc2)([c]2ccccc2)[c]2ccccc2-3)cc1. The van der Waals surface area contributed by atoms with Gasteiger partial charge in [0.25, 0.3) is 0 Å². The van der Waals surface area contributed by atoms with Crippen molar-refractivity contribution in [2.75, 3.05) is 0 Å². The zero-order chi connectivity index (χ0) is 37.5. The summed E-state index contributed by atoms with van der Waals surface area (Å²) in [6.45, 7) is 0. The number of fused-ring (bicyclic) bond motifs is 9. The Morgan fingerprint density at radius 1 is 0.421 bits per heavy atom. The molecule has 5 heteroatoms. The van der Waals surface area contributed by atoms with Crippen LogP contribution in [0.5, 0.6) is 0 Å². The molecular formula is C52H33GeN3S. The summed E-state index contributed by atoms with van der Waals surface area (Å²) in [6, 6.07) is 73.2. The Kier molecular flexibility index (Phi) is 7.28. The van der Waals surface area contributed by atoms with Gasteiger partial charge in [-0.25, -0.2) is 0 Å². The number of nitrogens with zero attached hydrogens (tertiary/aromatic N) is 3. The minimum absolute atomic E-state index is 0.738. The van der Waals surface area contributed by atoms with Gasteiger partial charge in [0.2, 0.25) is 0 Å². The normalized spacial score (nSPS) is 13.1. The summed E-state index contributed by atoms with van der Waals surface area (Å²) in [6.07, 6.45) is 0. The summed E-state index contributed by atoms with van der Waals surface area (Å²) in [7, 11) is 0. The van der Waals surface area contributed by atoms with Crippen molar-refractivity contribution in [2.24, 2.45) is 0 Å². The molecule has 12 rings (SSSR count). The average Bonchev–Trinajstić information content (AvgIpc) is 3.92. The molecule has 3 aromatic heterocycles. The fourth-order valence-corrected chi connectivity index (χ4v) is 21.6. The molecule has 0 fully saturated rings. The number of thiophene rings is 1. The topological polar surface area (TPSA) is 30.7 Å². The van der Waals surface area contributed by atoms with Crippen LogP contribution in [0, 0.1) is 0 Å². The molecule has 57 heavy (non-hydrogen) atoms. The Hall–Kier alpha value is -6.60. The van der Waals surface area contributed by atoms with Crippen molar-refractivity contribution in [3.63, 3.8) is 0 Å². The predicted octanol–water partition coefficient (Wildman–Crippen LogP) is 10.6. The number of hydrogen-bond donors (Lipinski definition) is 0. The van der Waals surface area contributed by atoms with E-state index in [0.717, 1.165) is 34.0 Å². The summed E-state index contributed by atoms with van der Waals surface area (Å²) in [5, 5.41) is 5.16. The van der Waals surface area contributed by atoms with Crippen LogP contribution in [0.3, 0.4) is 0 Å². The zero-order valence-corrected chi connectivity index (χ0v) is 33.7. The molecule has 3 nitrogen and oxygen atoms in total. The van der Waals surface area contributed by atoms with Gasteiger partial charge in [-0.15, -0.1) is 11.3 Å². The first-order valence-electron chi connectivity index (χ1n) is 19.4. The molecule has 0 saturated carbocycles. The van der Waals surface area contributed by atoms with Crippen molar-refractivity contribution in [3.8, 4) is 39.6 Å². The second-order valence-electron chi connectivity index (χ2n) is 14.9. The van der Waals surface area contributed by atoms with Crippen molar-refractivity contribution in [1.82, 2.24) is 14.5 Å². The van der Waals surface area contributed by atoms with Crippen molar-refractivity contribution < 1.29 is 0 Å². The Labute approximate surface area is 336 Å². The van der Waals surface area contributed by atoms with Crippen molar-refractivity contribution in [1.29, 1.82) is 0 Å². The molecule has 11 aromatic rings. The molecule has 0 amide bonds. The van der Waals surface area contributed by atoms with Crippen LogP contribution in [0.15, 0.2) is 200 Å². The molecule has 0 bridgehead atoms. The van der Waals surface area contributed by atoms with Crippen LogP contribution in [0.1, 0.15) is 0 Å². The molecule has 1 aliphatic heterocycles. The van der Waals surface area contributed by atoms with E-state index in [4.69, 9.17) is 9.97 Å². The Bertz CT molecular complexity index is 3300. The van der Waals surface area contributed by atoms with Crippen LogP contribution in [-0.4, -0.2) is 27.8 Å². The van der Waals surface area contributed by atoms with Crippen LogP contribution in [0.4, 0.5) is 0 Å². The van der Waals surface area contributed by atoms with Gasteiger partial charge < -0.3 is 0 Å². The van der Waals surface area contributed by atoms with E-state index in [1.807, 2.05) is 11.3 Å². The summed E-state index contributed by atoms with van der Waals surface area (Å²) in [4.78, 5) is 11.2. The van der Waals surface area contributed by atoms with Crippen LogP contribution >= 0.6 is 11.3 Å². The maximum atomic E-state index is 5.59. The zero-order valence-electron chi connectivity index (χ0n) is 30.8. The number of para-hydroxylation sites is 1. The Morgan fingerprint density at radius 2 is 1.04 bits per heavy atom. The molecule has 0 saturated heterocycles. The number of aromatic nitrogens is 3. The summed E-state index contributed by atoms with van der Waals surface area (Å²) in [5.74, 6) is 0.738. The van der Waals surface area contributed by atoms with Gasteiger partial charge in [0.05, 0.1) is 0 Å². The van der Waals surface area contributed by atoms with E-state index in [0.29, 0.717) is 0 Å². The number of hydrogen-bond acceptors (Lipinski definition) is 3. The van der Waals surface area contributed by atoms with Gasteiger partial charge in [-0.2, -0.15) is 0 Å². The molecule has 0 unspecified atom stereocenters. The quantitative estimate of drug-likeness (QED) is 0.162. The fraction of sp³-hybridized carbons (Fsp3) is 0. The maximum absolute atomic E-state index is 5.59. The standard InChI is InChI=1S/C52H33GeN3S/c1-4-16-34(17-5-1)50-49-51(41-24-10-13-25-44(41)53(49,36-18-6-2-7-19-36)37-20-8-3-9-21-37)55-52(54-50)35-28-30-38(31-29-35)56-45-26-14-11-22-39(45)42-32-43-40-23-12-15-27-47(40)57-48(43)33-46(42)56/h1-33H. The first-order valence-corrected chi connectivity index (χ1v) is 24.4. The predicted molar refractivity (Wildman–Crippen MR) is 243 cm³/mol. The third kappa shape index (κ3) is 4.78. The molecule has 1 aliphatic rings. The molecule has 0 spiro atoms. The first kappa shape index (κ1) is 32.6. The van der Waals surface area contributed by atoms with Gasteiger partial charge >= 0.3 is 281 Å². The summed E-state index contributed by atoms with van der Waals surface area (Å²) >= 11 is -1.74. The van der Waals surface area contributed by atoms with E-state index in [-0.39, 0.29) is 0 Å². The second-order valence-corrected chi connectivity index (χ2v) is 23.7. The second kappa shape index (κ2) is 12.7. The molecule has 0 aliphatic carbocycles.